The molecular formula is C29H32F2N8O3. The Kier molecular flexibility index (Phi) is 8.29. The minimum atomic E-state index is -0.801. The summed E-state index contributed by atoms with van der Waals surface area (Å²) in [4.78, 5) is 46.9. The average Bonchev–Trinajstić information content (AvgIpc) is 3.35. The van der Waals surface area contributed by atoms with Gasteiger partial charge >= 0.3 is 0 Å². The second-order valence-electron chi connectivity index (χ2n) is 10.3. The zero-order valence-corrected chi connectivity index (χ0v) is 23.7. The molecule has 4 heterocycles. The number of piperazine rings is 1. The summed E-state index contributed by atoms with van der Waals surface area (Å²) in [6.45, 7) is 10.9. The van der Waals surface area contributed by atoms with Gasteiger partial charge in [-0.25, -0.2) is 23.7 Å². The number of benzene rings is 1. The minimum absolute atomic E-state index is 0.0138. The number of carbonyl (C=O) groups is 2. The highest BCUT2D eigenvalue weighted by Gasteiger charge is 2.30. The maximum absolute atomic E-state index is 15.3. The maximum atomic E-state index is 15.3. The molecule has 3 aromatic rings. The number of aromatic nitrogens is 3. The van der Waals surface area contributed by atoms with E-state index in [9.17, 15) is 14.0 Å². The van der Waals surface area contributed by atoms with Crippen molar-refractivity contribution in [3.05, 3.63) is 64.9 Å². The SMILES string of the molecule is C=N/C(=C\C=C(/C)C(=O)N1CCN(C)CC1)Nc1ncnc(Oc2cc(F)c3[nH]c(C)cc3c2F)c1C(=O)N1CCC1. The Hall–Kier alpha value is -4.65. The fraction of sp³-hybridized carbons (Fsp3) is 0.345. The van der Waals surface area contributed by atoms with Crippen molar-refractivity contribution in [1.82, 2.24) is 29.7 Å². The molecule has 13 heteroatoms. The number of likely N-dealkylation sites (tertiary alicyclic amines) is 1. The van der Waals surface area contributed by atoms with Gasteiger partial charge in [0, 0.05) is 62.0 Å². The number of aromatic amines is 1. The van der Waals surface area contributed by atoms with Crippen molar-refractivity contribution in [2.24, 2.45) is 4.99 Å². The third-order valence-corrected chi connectivity index (χ3v) is 7.31. The van der Waals surface area contributed by atoms with Crippen molar-refractivity contribution in [2.45, 2.75) is 20.3 Å². The van der Waals surface area contributed by atoms with Gasteiger partial charge in [0.15, 0.2) is 23.2 Å². The van der Waals surface area contributed by atoms with Gasteiger partial charge in [0.2, 0.25) is 11.8 Å². The number of hydrogen-bond donors (Lipinski definition) is 2. The van der Waals surface area contributed by atoms with Crippen LogP contribution in [0.5, 0.6) is 11.6 Å². The molecule has 5 rings (SSSR count). The molecule has 2 amide bonds. The van der Waals surface area contributed by atoms with Crippen molar-refractivity contribution in [3.63, 3.8) is 0 Å². The number of nitrogens with zero attached hydrogens (tertiary/aromatic N) is 6. The molecule has 42 heavy (non-hydrogen) atoms. The number of likely N-dealkylation sites (N-methyl/N-ethyl adjacent to an activating group) is 1. The lowest BCUT2D eigenvalue weighted by Gasteiger charge is -2.32. The second-order valence-corrected chi connectivity index (χ2v) is 10.3. The predicted molar refractivity (Wildman–Crippen MR) is 155 cm³/mol. The Morgan fingerprint density at radius 2 is 1.83 bits per heavy atom. The van der Waals surface area contributed by atoms with Crippen LogP contribution in [0.15, 0.2) is 47.0 Å². The quantitative estimate of drug-likeness (QED) is 0.237. The lowest BCUT2D eigenvalue weighted by molar-refractivity contribution is -0.128. The van der Waals surface area contributed by atoms with Crippen LogP contribution in [0.4, 0.5) is 14.6 Å². The standard InChI is InChI=1S/C29H32F2N8O3/c1-17(28(40)39-12-10-37(4)11-13-39)6-7-22(32-3)36-26-23(29(41)38-8-5-9-38)27(34-16-33-26)42-21-15-20(30)25-19(24(21)31)14-18(2)35-25/h6-7,14-16,35H,3,5,8-13H2,1-2,4H3,(H,33,34,36)/b17-6+,22-7+. The van der Waals surface area contributed by atoms with E-state index in [1.807, 2.05) is 7.05 Å². The molecule has 0 radical (unpaired) electrons. The van der Waals surface area contributed by atoms with Crippen molar-refractivity contribution in [3.8, 4) is 11.6 Å². The van der Waals surface area contributed by atoms with Crippen molar-refractivity contribution in [2.75, 3.05) is 51.6 Å². The fourth-order valence-corrected chi connectivity index (χ4v) is 4.71. The molecular weight excluding hydrogens is 546 g/mol. The molecule has 0 saturated carbocycles. The first-order valence-corrected chi connectivity index (χ1v) is 13.6. The third-order valence-electron chi connectivity index (χ3n) is 7.31. The van der Waals surface area contributed by atoms with Crippen LogP contribution in [0, 0.1) is 18.6 Å². The average molecular weight is 579 g/mol. The van der Waals surface area contributed by atoms with Gasteiger partial charge in [-0.1, -0.05) is 6.08 Å². The number of rotatable bonds is 8. The van der Waals surface area contributed by atoms with Gasteiger partial charge in [-0.2, -0.15) is 0 Å². The maximum Gasteiger partial charge on any atom is 0.263 e. The lowest BCUT2D eigenvalue weighted by atomic mass is 10.1. The molecule has 11 nitrogen and oxygen atoms in total. The van der Waals surface area contributed by atoms with E-state index in [0.29, 0.717) is 37.4 Å². The van der Waals surface area contributed by atoms with Gasteiger partial charge in [-0.3, -0.25) is 9.59 Å². The Labute approximate surface area is 241 Å². The van der Waals surface area contributed by atoms with Crippen LogP contribution in [0.2, 0.25) is 0 Å². The normalized spacial score (nSPS) is 16.4. The molecule has 2 N–H and O–H groups in total. The largest absolute Gasteiger partial charge is 0.435 e. The highest BCUT2D eigenvalue weighted by Crippen LogP contribution is 2.35. The summed E-state index contributed by atoms with van der Waals surface area (Å²) in [5.74, 6) is -2.50. The summed E-state index contributed by atoms with van der Waals surface area (Å²) >= 11 is 0. The van der Waals surface area contributed by atoms with Crippen LogP contribution in [0.3, 0.4) is 0 Å². The van der Waals surface area contributed by atoms with E-state index >= 15 is 4.39 Å². The minimum Gasteiger partial charge on any atom is -0.435 e. The molecule has 2 fully saturated rings. The number of ether oxygens (including phenoxy) is 1. The van der Waals surface area contributed by atoms with E-state index in [1.54, 1.807) is 35.8 Å². The summed E-state index contributed by atoms with van der Waals surface area (Å²) in [5.41, 5.74) is 1.01. The van der Waals surface area contributed by atoms with Crippen molar-refractivity contribution >= 4 is 35.3 Å². The van der Waals surface area contributed by atoms with Gasteiger partial charge < -0.3 is 29.7 Å². The van der Waals surface area contributed by atoms with Crippen LogP contribution in [-0.2, 0) is 4.79 Å². The lowest BCUT2D eigenvalue weighted by Crippen LogP contribution is -2.47. The summed E-state index contributed by atoms with van der Waals surface area (Å²) in [7, 11) is 2.02. The number of carbonyl (C=O) groups excluding carboxylic acids is 2. The van der Waals surface area contributed by atoms with Gasteiger partial charge in [0.25, 0.3) is 5.91 Å². The Morgan fingerprint density at radius 1 is 1.10 bits per heavy atom. The fourth-order valence-electron chi connectivity index (χ4n) is 4.71. The van der Waals surface area contributed by atoms with Gasteiger partial charge in [-0.05, 0) is 46.2 Å². The monoisotopic (exact) mass is 578 g/mol. The Bertz CT molecular complexity index is 1600. The number of hydrogen-bond acceptors (Lipinski definition) is 8. The molecule has 2 aliphatic rings. The number of aryl methyl sites for hydroxylation is 1. The van der Waals surface area contributed by atoms with E-state index in [4.69, 9.17) is 4.74 Å². The summed E-state index contributed by atoms with van der Waals surface area (Å²) in [6.07, 6.45) is 5.12. The predicted octanol–water partition coefficient (Wildman–Crippen LogP) is 3.86. The molecule has 2 saturated heterocycles. The number of amides is 2. The topological polar surface area (TPSA) is 119 Å². The highest BCUT2D eigenvalue weighted by molar-refractivity contribution is 6.01. The van der Waals surface area contributed by atoms with E-state index in [0.717, 1.165) is 31.9 Å². The molecule has 0 aliphatic carbocycles. The first kappa shape index (κ1) is 28.9. The molecule has 0 atom stereocenters. The number of anilines is 1. The summed E-state index contributed by atoms with van der Waals surface area (Å²) in [5, 5.41) is 2.96. The Balaban J connectivity index is 1.45. The smallest absolute Gasteiger partial charge is 0.263 e. The summed E-state index contributed by atoms with van der Waals surface area (Å²) < 4.78 is 35.9. The van der Waals surface area contributed by atoms with Crippen molar-refractivity contribution in [1.29, 1.82) is 0 Å². The van der Waals surface area contributed by atoms with E-state index < -0.39 is 23.3 Å². The molecule has 220 valence electrons. The number of aliphatic imine (C=N–C) groups is 1. The zero-order valence-electron chi connectivity index (χ0n) is 23.7. The van der Waals surface area contributed by atoms with Crippen LogP contribution in [0.1, 0.15) is 29.4 Å². The van der Waals surface area contributed by atoms with E-state index in [1.165, 1.54) is 6.07 Å². The van der Waals surface area contributed by atoms with Crippen LogP contribution in [0.25, 0.3) is 10.9 Å². The molecule has 1 aromatic carbocycles. The molecule has 0 bridgehead atoms. The third kappa shape index (κ3) is 5.86. The number of allylic oxidation sites excluding steroid dienone is 2. The number of fused-ring (bicyclic) bond motifs is 1. The molecule has 2 aliphatic heterocycles. The Morgan fingerprint density at radius 3 is 2.50 bits per heavy atom. The van der Waals surface area contributed by atoms with Crippen molar-refractivity contribution < 1.29 is 23.1 Å². The van der Waals surface area contributed by atoms with E-state index in [-0.39, 0.29) is 39.9 Å². The van der Waals surface area contributed by atoms with Gasteiger partial charge in [-0.15, -0.1) is 0 Å². The molecule has 0 spiro atoms. The van der Waals surface area contributed by atoms with Crippen LogP contribution >= 0.6 is 0 Å². The summed E-state index contributed by atoms with van der Waals surface area (Å²) in [6, 6.07) is 2.37. The van der Waals surface area contributed by atoms with Crippen LogP contribution < -0.4 is 10.1 Å². The first-order valence-electron chi connectivity index (χ1n) is 13.6. The number of halogens is 2. The van der Waals surface area contributed by atoms with Gasteiger partial charge in [0.1, 0.15) is 17.7 Å². The number of H-pyrrole nitrogens is 1. The zero-order chi connectivity index (χ0) is 30.0. The van der Waals surface area contributed by atoms with E-state index in [2.05, 4.69) is 36.9 Å². The first-order chi connectivity index (χ1) is 20.2. The van der Waals surface area contributed by atoms with Gasteiger partial charge in [0.05, 0.1) is 5.52 Å². The number of nitrogens with one attached hydrogen (secondary N) is 2. The van der Waals surface area contributed by atoms with Crippen LogP contribution in [-0.4, -0.2) is 94.5 Å². The highest BCUT2D eigenvalue weighted by atomic mass is 19.1. The molecule has 2 aromatic heterocycles. The second kappa shape index (κ2) is 12.1. The molecule has 0 unspecified atom stereocenters.